The molecule has 0 N–H and O–H groups in total. The molecule has 0 aromatic heterocycles. The molecule has 0 radical (unpaired) electrons. The molecule has 0 amide bonds. The van der Waals surface area contributed by atoms with Crippen LogP contribution in [0.2, 0.25) is 0 Å². The molecule has 0 aliphatic carbocycles. The summed E-state index contributed by atoms with van der Waals surface area (Å²) in [6.45, 7) is 0. The van der Waals surface area contributed by atoms with Crippen LogP contribution in [-0.4, -0.2) is 49.3 Å². The van der Waals surface area contributed by atoms with E-state index in [0.717, 1.165) is 0 Å². The predicted octanol–water partition coefficient (Wildman–Crippen LogP) is 20.8. The van der Waals surface area contributed by atoms with E-state index in [-0.39, 0.29) is 0 Å². The highest BCUT2D eigenvalue weighted by Crippen LogP contribution is 2.71. The number of benzene rings is 8. The summed E-state index contributed by atoms with van der Waals surface area (Å²) in [4.78, 5) is 0. The zero-order valence-corrected chi connectivity index (χ0v) is 49.4. The Bertz CT molecular complexity index is 2210. The third kappa shape index (κ3) is 17.8. The first kappa shape index (κ1) is 56.2. The van der Waals surface area contributed by atoms with E-state index in [2.05, 4.69) is 243 Å². The Labute approximate surface area is 463 Å². The van der Waals surface area contributed by atoms with Gasteiger partial charge in [0.25, 0.3) is 0 Å². The fraction of sp³-hybridized carbons (Fsp3) is 0.333. The molecule has 0 atom stereocenters. The Balaban J connectivity index is 1.10. The molecule has 76 heavy (non-hydrogen) atoms. The van der Waals surface area contributed by atoms with E-state index in [1.165, 1.54) is 150 Å². The molecule has 4 heteroatoms. The van der Waals surface area contributed by atoms with Gasteiger partial charge in [-0.1, -0.05) is 243 Å². The minimum atomic E-state index is -1.45. The van der Waals surface area contributed by atoms with Gasteiger partial charge in [0.05, 0.1) is 98.6 Å². The molecule has 1 aliphatic heterocycles. The zero-order chi connectivity index (χ0) is 51.9. The maximum Gasteiger partial charge on any atom is 0.0846 e. The van der Waals surface area contributed by atoms with Gasteiger partial charge in [0, 0.05) is 29.0 Å². The van der Waals surface area contributed by atoms with Crippen molar-refractivity contribution in [3.05, 3.63) is 287 Å². The molecule has 9 rings (SSSR count). The topological polar surface area (TPSA) is 0 Å². The molecular formula is C72H88P4+4. The van der Waals surface area contributed by atoms with Crippen molar-refractivity contribution in [2.45, 2.75) is 101 Å². The van der Waals surface area contributed by atoms with Crippen molar-refractivity contribution in [2.24, 2.45) is 0 Å². The molecule has 0 spiro atoms. The molecule has 8 aromatic rings. The molecule has 0 bridgehead atoms. The summed E-state index contributed by atoms with van der Waals surface area (Å²) in [5.41, 5.74) is 12.5. The Kier molecular flexibility index (Phi) is 21.8. The molecule has 0 nitrogen and oxygen atoms in total. The van der Waals surface area contributed by atoms with Crippen LogP contribution in [0, 0.1) is 0 Å². The second-order valence-electron chi connectivity index (χ2n) is 23.1. The van der Waals surface area contributed by atoms with E-state index < -0.39 is 29.0 Å². The summed E-state index contributed by atoms with van der Waals surface area (Å²) in [6.07, 6.45) is 32.1. The largest absolute Gasteiger partial charge is 0.0846 e. The SMILES string of the molecule is c1ccc(C[P+]2(Cc3ccccc3)CCCC[P+](Cc3ccccc3)(Cc3ccccc3)CCCC[P+](Cc3ccccc3)(Cc3ccccc3)CCCC[P+](Cc3ccccc3)(Cc3ccccc3)CCCC2)cc1. The summed E-state index contributed by atoms with van der Waals surface area (Å²) in [6, 6.07) is 93.8. The second-order valence-corrected chi connectivity index (χ2v) is 40.0. The Morgan fingerprint density at radius 3 is 0.368 bits per heavy atom. The minimum Gasteiger partial charge on any atom is -0.0622 e. The lowest BCUT2D eigenvalue weighted by atomic mass is 10.2. The molecular weight excluding hydrogens is 989 g/mol. The summed E-state index contributed by atoms with van der Waals surface area (Å²) in [7, 11) is -5.81. The van der Waals surface area contributed by atoms with Crippen LogP contribution in [0.25, 0.3) is 0 Å². The summed E-state index contributed by atoms with van der Waals surface area (Å²) in [5.74, 6) is 0. The van der Waals surface area contributed by atoms with E-state index in [0.29, 0.717) is 0 Å². The average molecular weight is 1080 g/mol. The molecule has 392 valence electrons. The average Bonchev–Trinajstić information content (AvgIpc) is 3.46. The third-order valence-corrected chi connectivity index (χ3v) is 35.4. The maximum absolute atomic E-state index is 2.45. The van der Waals surface area contributed by atoms with E-state index in [1.807, 2.05) is 0 Å². The van der Waals surface area contributed by atoms with E-state index >= 15 is 0 Å². The molecule has 0 saturated carbocycles. The van der Waals surface area contributed by atoms with Crippen molar-refractivity contribution < 1.29 is 0 Å². The van der Waals surface area contributed by atoms with Gasteiger partial charge < -0.3 is 0 Å². The molecule has 0 unspecified atom stereocenters. The van der Waals surface area contributed by atoms with Crippen LogP contribution in [0.15, 0.2) is 243 Å². The van der Waals surface area contributed by atoms with Crippen molar-refractivity contribution in [3.63, 3.8) is 0 Å². The van der Waals surface area contributed by atoms with Gasteiger partial charge in [-0.3, -0.25) is 0 Å². The fourth-order valence-electron chi connectivity index (χ4n) is 13.3. The second kappa shape index (κ2) is 29.5. The minimum absolute atomic E-state index is 1.27. The molecule has 1 heterocycles. The zero-order valence-electron chi connectivity index (χ0n) is 45.9. The van der Waals surface area contributed by atoms with Crippen molar-refractivity contribution >= 4 is 29.0 Å². The monoisotopic (exact) mass is 1080 g/mol. The molecule has 8 aromatic carbocycles. The summed E-state index contributed by atoms with van der Waals surface area (Å²) in [5, 5.41) is 0. The van der Waals surface area contributed by atoms with Crippen LogP contribution in [-0.2, 0) is 49.3 Å². The van der Waals surface area contributed by atoms with Crippen molar-refractivity contribution in [1.82, 2.24) is 0 Å². The van der Waals surface area contributed by atoms with Crippen LogP contribution < -0.4 is 0 Å². The van der Waals surface area contributed by atoms with Crippen molar-refractivity contribution in [2.75, 3.05) is 49.3 Å². The predicted molar refractivity (Wildman–Crippen MR) is 345 cm³/mol. The van der Waals surface area contributed by atoms with Crippen LogP contribution in [0.4, 0.5) is 0 Å². The molecule has 1 aliphatic rings. The lowest BCUT2D eigenvalue weighted by Gasteiger charge is -2.33. The fourth-order valence-corrected chi connectivity index (χ4v) is 32.2. The van der Waals surface area contributed by atoms with Crippen LogP contribution >= 0.6 is 29.0 Å². The normalized spacial score (nSPS) is 17.5. The Hall–Kier alpha value is -4.52. The van der Waals surface area contributed by atoms with Gasteiger partial charge in [0.1, 0.15) is 0 Å². The number of hydrogen-bond donors (Lipinski definition) is 0. The van der Waals surface area contributed by atoms with Crippen LogP contribution in [0.5, 0.6) is 0 Å². The highest BCUT2D eigenvalue weighted by atomic mass is 31.2. The van der Waals surface area contributed by atoms with Gasteiger partial charge in [0.2, 0.25) is 0 Å². The first-order valence-corrected chi connectivity index (χ1v) is 39.3. The van der Waals surface area contributed by atoms with Gasteiger partial charge in [-0.25, -0.2) is 0 Å². The third-order valence-electron chi connectivity index (χ3n) is 16.9. The van der Waals surface area contributed by atoms with Gasteiger partial charge in [-0.2, -0.15) is 0 Å². The summed E-state index contributed by atoms with van der Waals surface area (Å²) < 4.78 is 0. The molecule has 1 saturated heterocycles. The van der Waals surface area contributed by atoms with Gasteiger partial charge in [0.15, 0.2) is 0 Å². The standard InChI is InChI=1S/C72H88P4/c1-9-33-65(34-10-1)57-73(58-66-35-11-2-12-36-66)49-25-27-51-74(59-67-37-13-3-14-38-67,60-68-39-15-4-16-40-68)53-29-31-55-76(63-71-45-21-7-22-46-71,64-72-47-23-8-24-48-72)56-32-30-54-75(52-28-26-50-73,61-69-41-17-5-18-42-69)62-70-43-19-6-20-44-70/h1-24,33-48H,25-32,49-64H2/q+4. The van der Waals surface area contributed by atoms with Crippen molar-refractivity contribution in [3.8, 4) is 0 Å². The summed E-state index contributed by atoms with van der Waals surface area (Å²) >= 11 is 0. The van der Waals surface area contributed by atoms with Crippen LogP contribution in [0.1, 0.15) is 95.9 Å². The number of hydrogen-bond acceptors (Lipinski definition) is 0. The Morgan fingerprint density at radius 1 is 0.158 bits per heavy atom. The van der Waals surface area contributed by atoms with Crippen LogP contribution in [0.3, 0.4) is 0 Å². The highest BCUT2D eigenvalue weighted by Gasteiger charge is 2.44. The van der Waals surface area contributed by atoms with Gasteiger partial charge >= 0.3 is 0 Å². The highest BCUT2D eigenvalue weighted by molar-refractivity contribution is 7.75. The lowest BCUT2D eigenvalue weighted by Crippen LogP contribution is -2.16. The first-order valence-electron chi connectivity index (χ1n) is 29.2. The Morgan fingerprint density at radius 2 is 0.263 bits per heavy atom. The number of rotatable bonds is 16. The van der Waals surface area contributed by atoms with Gasteiger partial charge in [-0.05, 0) is 95.9 Å². The van der Waals surface area contributed by atoms with E-state index in [4.69, 9.17) is 0 Å². The molecule has 1 fully saturated rings. The first-order chi connectivity index (χ1) is 37.5. The quantitative estimate of drug-likeness (QED) is 0.0846. The van der Waals surface area contributed by atoms with E-state index in [9.17, 15) is 0 Å². The smallest absolute Gasteiger partial charge is 0.0622 e. The maximum atomic E-state index is 2.45. The lowest BCUT2D eigenvalue weighted by molar-refractivity contribution is 0.826. The van der Waals surface area contributed by atoms with E-state index in [1.54, 1.807) is 44.5 Å². The van der Waals surface area contributed by atoms with Crippen molar-refractivity contribution in [1.29, 1.82) is 0 Å². The van der Waals surface area contributed by atoms with Gasteiger partial charge in [-0.15, -0.1) is 0 Å².